The van der Waals surface area contributed by atoms with Crippen LogP contribution in [0.1, 0.15) is 27.8 Å². The number of carbonyl (C=O) groups is 1. The van der Waals surface area contributed by atoms with Crippen molar-refractivity contribution >= 4 is 17.7 Å². The average molecular weight is 445 g/mol. The Bertz CT molecular complexity index is 1190. The second kappa shape index (κ2) is 9.70. The number of hydrogen-bond acceptors (Lipinski definition) is 5. The second-order valence-electron chi connectivity index (χ2n) is 7.39. The molecule has 7 heteroatoms. The van der Waals surface area contributed by atoms with Crippen LogP contribution >= 0.6 is 11.8 Å². The molecule has 1 unspecified atom stereocenters. The van der Waals surface area contributed by atoms with E-state index in [0.29, 0.717) is 11.0 Å². The van der Waals surface area contributed by atoms with E-state index in [-0.39, 0.29) is 6.61 Å². The molecule has 3 aromatic carbocycles. The normalized spacial score (nSPS) is 11.8. The van der Waals surface area contributed by atoms with Crippen molar-refractivity contribution in [3.63, 3.8) is 0 Å². The number of carbonyl (C=O) groups excluding carboxylic acids is 1. The van der Waals surface area contributed by atoms with E-state index in [1.165, 1.54) is 11.8 Å². The molecule has 6 nitrogen and oxygen atoms in total. The fourth-order valence-electron chi connectivity index (χ4n) is 3.49. The Labute approximate surface area is 191 Å². The van der Waals surface area contributed by atoms with Gasteiger partial charge in [0.2, 0.25) is 5.91 Å². The minimum Gasteiger partial charge on any atom is -0.485 e. The maximum absolute atomic E-state index is 12.3. The number of para-hydroxylation sites is 2. The molecule has 32 heavy (non-hydrogen) atoms. The molecule has 1 heterocycles. The highest BCUT2D eigenvalue weighted by molar-refractivity contribution is 8.00. The highest BCUT2D eigenvalue weighted by atomic mass is 32.2. The van der Waals surface area contributed by atoms with Gasteiger partial charge in [-0.15, -0.1) is 10.2 Å². The molecule has 0 spiro atoms. The number of hydrogen-bond donors (Lipinski definition) is 1. The Hall–Kier alpha value is -3.58. The lowest BCUT2D eigenvalue weighted by atomic mass is 10.1. The summed E-state index contributed by atoms with van der Waals surface area (Å²) in [7, 11) is 0. The lowest BCUT2D eigenvalue weighted by molar-refractivity contribution is -0.117. The lowest BCUT2D eigenvalue weighted by Gasteiger charge is -2.16. The van der Waals surface area contributed by atoms with E-state index in [9.17, 15) is 4.79 Å². The second-order valence-corrected chi connectivity index (χ2v) is 8.46. The molecule has 0 fully saturated rings. The predicted molar refractivity (Wildman–Crippen MR) is 126 cm³/mol. The third-order valence-electron chi connectivity index (χ3n) is 5.05. The highest BCUT2D eigenvalue weighted by Gasteiger charge is 2.24. The minimum absolute atomic E-state index is 0.237. The van der Waals surface area contributed by atoms with Crippen LogP contribution in [0.2, 0.25) is 0 Å². The van der Waals surface area contributed by atoms with Gasteiger partial charge in [-0.2, -0.15) is 0 Å². The van der Waals surface area contributed by atoms with Gasteiger partial charge in [0.25, 0.3) is 0 Å². The van der Waals surface area contributed by atoms with Gasteiger partial charge in [0.1, 0.15) is 17.6 Å². The summed E-state index contributed by atoms with van der Waals surface area (Å²) >= 11 is 1.28. The summed E-state index contributed by atoms with van der Waals surface area (Å²) in [4.78, 5) is 12.3. The SMILES string of the molecule is Cc1cccc(C)c1OCc1nnc(SC(C(N)=O)c2ccccc2)n1-c1ccccc1. The molecular formula is C25H24N4O2S. The number of aromatic nitrogens is 3. The van der Waals surface area contributed by atoms with Crippen molar-refractivity contribution in [2.45, 2.75) is 30.9 Å². The van der Waals surface area contributed by atoms with Gasteiger partial charge in [-0.3, -0.25) is 9.36 Å². The van der Waals surface area contributed by atoms with Crippen LogP contribution in [-0.4, -0.2) is 20.7 Å². The van der Waals surface area contributed by atoms with E-state index in [2.05, 4.69) is 10.2 Å². The zero-order valence-electron chi connectivity index (χ0n) is 17.9. The van der Waals surface area contributed by atoms with Crippen LogP contribution in [0.3, 0.4) is 0 Å². The Morgan fingerprint density at radius 1 is 0.938 bits per heavy atom. The molecule has 4 rings (SSSR count). The van der Waals surface area contributed by atoms with Gasteiger partial charge in [0.15, 0.2) is 11.0 Å². The number of aryl methyl sites for hydroxylation is 2. The summed E-state index contributed by atoms with van der Waals surface area (Å²) in [6, 6.07) is 25.3. The summed E-state index contributed by atoms with van der Waals surface area (Å²) in [5.41, 5.74) is 9.56. The molecule has 0 aliphatic heterocycles. The molecule has 0 radical (unpaired) electrons. The maximum Gasteiger partial charge on any atom is 0.235 e. The first-order valence-corrected chi connectivity index (χ1v) is 11.1. The van der Waals surface area contributed by atoms with Gasteiger partial charge in [0, 0.05) is 5.69 Å². The number of amides is 1. The van der Waals surface area contributed by atoms with Crippen molar-refractivity contribution in [3.05, 3.63) is 101 Å². The smallest absolute Gasteiger partial charge is 0.235 e. The van der Waals surface area contributed by atoms with Crippen LogP contribution in [0.15, 0.2) is 84.0 Å². The molecule has 4 aromatic rings. The zero-order valence-corrected chi connectivity index (χ0v) is 18.8. The topological polar surface area (TPSA) is 83.0 Å². The molecular weight excluding hydrogens is 420 g/mol. The third-order valence-corrected chi connectivity index (χ3v) is 6.27. The minimum atomic E-state index is -0.588. The summed E-state index contributed by atoms with van der Waals surface area (Å²) < 4.78 is 8.06. The van der Waals surface area contributed by atoms with E-state index in [0.717, 1.165) is 28.1 Å². The van der Waals surface area contributed by atoms with E-state index in [1.807, 2.05) is 97.3 Å². The predicted octanol–water partition coefficient (Wildman–Crippen LogP) is 4.78. The van der Waals surface area contributed by atoms with Crippen molar-refractivity contribution < 1.29 is 9.53 Å². The van der Waals surface area contributed by atoms with Gasteiger partial charge >= 0.3 is 0 Å². The van der Waals surface area contributed by atoms with E-state index < -0.39 is 11.2 Å². The molecule has 0 bridgehead atoms. The number of nitrogens with two attached hydrogens (primary N) is 1. The molecule has 1 atom stereocenters. The maximum atomic E-state index is 12.3. The van der Waals surface area contributed by atoms with Gasteiger partial charge in [-0.1, -0.05) is 78.5 Å². The Balaban J connectivity index is 1.69. The molecule has 0 saturated heterocycles. The number of primary amides is 1. The fourth-order valence-corrected chi connectivity index (χ4v) is 4.52. The van der Waals surface area contributed by atoms with Gasteiger partial charge in [-0.25, -0.2) is 0 Å². The molecule has 0 aliphatic carbocycles. The highest BCUT2D eigenvalue weighted by Crippen LogP contribution is 2.35. The molecule has 0 aliphatic rings. The monoisotopic (exact) mass is 444 g/mol. The van der Waals surface area contributed by atoms with Crippen LogP contribution in [0, 0.1) is 13.8 Å². The van der Waals surface area contributed by atoms with Crippen molar-refractivity contribution in [1.82, 2.24) is 14.8 Å². The van der Waals surface area contributed by atoms with Crippen LogP contribution in [0.25, 0.3) is 5.69 Å². The molecule has 2 N–H and O–H groups in total. The standard InChI is InChI=1S/C25H24N4O2S/c1-17-10-9-11-18(2)22(17)31-16-21-27-28-25(29(21)20-14-7-4-8-15-20)32-23(24(26)30)19-12-5-3-6-13-19/h3-15,23H,16H2,1-2H3,(H2,26,30). The van der Waals surface area contributed by atoms with Crippen molar-refractivity contribution in [2.24, 2.45) is 5.73 Å². The summed E-state index contributed by atoms with van der Waals surface area (Å²) in [6.07, 6.45) is 0. The number of nitrogens with zero attached hydrogens (tertiary/aromatic N) is 3. The van der Waals surface area contributed by atoms with E-state index >= 15 is 0 Å². The van der Waals surface area contributed by atoms with Crippen molar-refractivity contribution in [3.8, 4) is 11.4 Å². The largest absolute Gasteiger partial charge is 0.485 e. The summed E-state index contributed by atoms with van der Waals surface area (Å²) in [6.45, 7) is 4.27. The number of thioether (sulfide) groups is 1. The number of benzene rings is 3. The van der Waals surface area contributed by atoms with Crippen LogP contribution in [0.5, 0.6) is 5.75 Å². The number of ether oxygens (including phenoxy) is 1. The quantitative estimate of drug-likeness (QED) is 0.395. The van der Waals surface area contributed by atoms with Crippen molar-refractivity contribution in [1.29, 1.82) is 0 Å². The first-order chi connectivity index (χ1) is 15.5. The van der Waals surface area contributed by atoms with Gasteiger partial charge in [0.05, 0.1) is 0 Å². The molecule has 1 amide bonds. The molecule has 1 aromatic heterocycles. The first-order valence-electron chi connectivity index (χ1n) is 10.2. The Morgan fingerprint density at radius 3 is 2.19 bits per heavy atom. The zero-order chi connectivity index (χ0) is 22.5. The van der Waals surface area contributed by atoms with Gasteiger partial charge in [-0.05, 0) is 42.7 Å². The van der Waals surface area contributed by atoms with E-state index in [1.54, 1.807) is 0 Å². The third kappa shape index (κ3) is 4.68. The fraction of sp³-hybridized carbons (Fsp3) is 0.160. The van der Waals surface area contributed by atoms with Crippen LogP contribution in [0.4, 0.5) is 0 Å². The Morgan fingerprint density at radius 2 is 1.56 bits per heavy atom. The van der Waals surface area contributed by atoms with E-state index in [4.69, 9.17) is 10.5 Å². The van der Waals surface area contributed by atoms with Crippen molar-refractivity contribution in [2.75, 3.05) is 0 Å². The number of rotatable bonds is 8. The summed E-state index contributed by atoms with van der Waals surface area (Å²) in [5, 5.41) is 8.76. The molecule has 162 valence electrons. The first kappa shape index (κ1) is 21.6. The summed E-state index contributed by atoms with van der Waals surface area (Å²) in [5.74, 6) is 1.04. The van der Waals surface area contributed by atoms with Gasteiger partial charge < -0.3 is 10.5 Å². The lowest BCUT2D eigenvalue weighted by Crippen LogP contribution is -2.19. The average Bonchev–Trinajstić information content (AvgIpc) is 3.20. The Kier molecular flexibility index (Phi) is 6.56. The van der Waals surface area contributed by atoms with Crippen LogP contribution in [-0.2, 0) is 11.4 Å². The van der Waals surface area contributed by atoms with Crippen LogP contribution < -0.4 is 10.5 Å². The molecule has 0 saturated carbocycles.